The van der Waals surface area contributed by atoms with Gasteiger partial charge in [0.25, 0.3) is 5.91 Å². The molecule has 0 aromatic heterocycles. The van der Waals surface area contributed by atoms with Crippen LogP contribution in [0.5, 0.6) is 0 Å². The lowest BCUT2D eigenvalue weighted by Crippen LogP contribution is -2.60. The highest BCUT2D eigenvalue weighted by molar-refractivity contribution is 5.96. The number of amides is 1. The Morgan fingerprint density at radius 3 is 2.59 bits per heavy atom. The van der Waals surface area contributed by atoms with E-state index in [1.807, 2.05) is 4.90 Å². The largest absolute Gasteiger partial charge is 0.417 e. The van der Waals surface area contributed by atoms with Gasteiger partial charge in [-0.2, -0.15) is 13.2 Å². The van der Waals surface area contributed by atoms with Crippen LogP contribution in [0.2, 0.25) is 0 Å². The van der Waals surface area contributed by atoms with Gasteiger partial charge in [-0.3, -0.25) is 4.79 Å². The Labute approximate surface area is 157 Å². The van der Waals surface area contributed by atoms with Gasteiger partial charge < -0.3 is 10.2 Å². The van der Waals surface area contributed by atoms with Crippen LogP contribution in [0, 0.1) is 23.7 Å². The zero-order valence-electron chi connectivity index (χ0n) is 15.2. The second-order valence-corrected chi connectivity index (χ2v) is 8.77. The summed E-state index contributed by atoms with van der Waals surface area (Å²) < 4.78 is 40.5. The van der Waals surface area contributed by atoms with Crippen LogP contribution in [-0.2, 0) is 6.18 Å². The van der Waals surface area contributed by atoms with Gasteiger partial charge in [0.1, 0.15) is 0 Å². The molecule has 4 fully saturated rings. The molecule has 3 aliphatic carbocycles. The molecule has 3 saturated carbocycles. The Balaban J connectivity index is 1.46. The van der Waals surface area contributed by atoms with Crippen molar-refractivity contribution in [2.24, 2.45) is 23.7 Å². The number of rotatable bonds is 3. The second-order valence-electron chi connectivity index (χ2n) is 8.77. The molecule has 3 nitrogen and oxygen atoms in total. The average molecular weight is 378 g/mol. The first-order valence-corrected chi connectivity index (χ1v) is 10.1. The summed E-state index contributed by atoms with van der Waals surface area (Å²) in [4.78, 5) is 15.2. The van der Waals surface area contributed by atoms with Gasteiger partial charge in [0, 0.05) is 18.6 Å². The summed E-state index contributed by atoms with van der Waals surface area (Å²) in [6, 6.07) is 5.37. The number of nitrogens with one attached hydrogen (secondary N) is 1. The molecule has 1 aromatic rings. The monoisotopic (exact) mass is 378 g/mol. The van der Waals surface area contributed by atoms with Crippen LogP contribution in [0.4, 0.5) is 13.2 Å². The average Bonchev–Trinajstić information content (AvgIpc) is 3.18. The van der Waals surface area contributed by atoms with Gasteiger partial charge in [0.15, 0.2) is 0 Å². The highest BCUT2D eigenvalue weighted by atomic mass is 19.4. The van der Waals surface area contributed by atoms with Crippen molar-refractivity contribution in [1.82, 2.24) is 10.2 Å². The van der Waals surface area contributed by atoms with Crippen molar-refractivity contribution in [3.8, 4) is 0 Å². The molecule has 1 N–H and O–H groups in total. The fourth-order valence-corrected chi connectivity index (χ4v) is 5.99. The van der Waals surface area contributed by atoms with E-state index in [2.05, 4.69) is 5.32 Å². The Morgan fingerprint density at radius 2 is 1.85 bits per heavy atom. The Kier molecular flexibility index (Phi) is 4.04. The normalized spacial score (nSPS) is 37.1. The summed E-state index contributed by atoms with van der Waals surface area (Å²) in [6.07, 6.45) is 0.958. The molecule has 1 amide bonds. The van der Waals surface area contributed by atoms with Gasteiger partial charge in [0.05, 0.1) is 11.1 Å². The van der Waals surface area contributed by atoms with Crippen molar-refractivity contribution in [2.75, 3.05) is 13.1 Å². The zero-order valence-corrected chi connectivity index (χ0v) is 15.2. The molecular weight excluding hydrogens is 353 g/mol. The summed E-state index contributed by atoms with van der Waals surface area (Å²) in [7, 11) is 0. The summed E-state index contributed by atoms with van der Waals surface area (Å²) >= 11 is 0. The predicted octanol–water partition coefficient (Wildman–Crippen LogP) is 3.94. The quantitative estimate of drug-likeness (QED) is 0.864. The minimum Gasteiger partial charge on any atom is -0.331 e. The lowest BCUT2D eigenvalue weighted by atomic mass is 9.61. The molecule has 27 heavy (non-hydrogen) atoms. The van der Waals surface area contributed by atoms with Crippen molar-refractivity contribution in [3.63, 3.8) is 0 Å². The van der Waals surface area contributed by atoms with E-state index in [-0.39, 0.29) is 17.6 Å². The molecule has 6 heteroatoms. The number of hydrogen-bond donors (Lipinski definition) is 1. The van der Waals surface area contributed by atoms with Crippen molar-refractivity contribution in [1.29, 1.82) is 0 Å². The number of hydrogen-bond acceptors (Lipinski definition) is 2. The number of carbonyl (C=O) groups is 1. The van der Waals surface area contributed by atoms with Crippen LogP contribution in [0.1, 0.15) is 48.0 Å². The van der Waals surface area contributed by atoms with E-state index < -0.39 is 17.6 Å². The second kappa shape index (κ2) is 6.23. The van der Waals surface area contributed by atoms with Gasteiger partial charge in [-0.15, -0.1) is 0 Å². The molecule has 5 unspecified atom stereocenters. The molecule has 0 spiro atoms. The van der Waals surface area contributed by atoms with E-state index in [9.17, 15) is 18.0 Å². The van der Waals surface area contributed by atoms with E-state index in [1.165, 1.54) is 31.0 Å². The number of fused-ring (bicyclic) bond motifs is 3. The molecule has 146 valence electrons. The van der Waals surface area contributed by atoms with Crippen LogP contribution in [0.25, 0.3) is 0 Å². The molecular formula is C21H25F3N2O. The third kappa shape index (κ3) is 2.87. The Morgan fingerprint density at radius 1 is 1.04 bits per heavy atom. The zero-order chi connectivity index (χ0) is 18.8. The minimum atomic E-state index is -4.51. The highest BCUT2D eigenvalue weighted by Gasteiger charge is 2.59. The lowest BCUT2D eigenvalue weighted by Gasteiger charge is -2.54. The Hall–Kier alpha value is -1.56. The first-order valence-electron chi connectivity index (χ1n) is 10.1. The molecule has 1 aliphatic heterocycles. The summed E-state index contributed by atoms with van der Waals surface area (Å²) in [5, 5.41) is 3.28. The van der Waals surface area contributed by atoms with Crippen molar-refractivity contribution in [2.45, 2.75) is 50.4 Å². The lowest BCUT2D eigenvalue weighted by molar-refractivity contribution is -0.138. The summed E-state index contributed by atoms with van der Waals surface area (Å²) in [5.74, 6) is 2.45. The van der Waals surface area contributed by atoms with E-state index >= 15 is 0 Å². The molecule has 0 radical (unpaired) electrons. The fraction of sp³-hybridized carbons (Fsp3) is 0.667. The van der Waals surface area contributed by atoms with Crippen molar-refractivity contribution >= 4 is 5.91 Å². The molecule has 1 saturated heterocycles. The Bertz CT molecular complexity index is 743. The number of halogens is 3. The van der Waals surface area contributed by atoms with Gasteiger partial charge in [0.2, 0.25) is 0 Å². The molecule has 1 aromatic carbocycles. The topological polar surface area (TPSA) is 32.3 Å². The van der Waals surface area contributed by atoms with Crippen LogP contribution >= 0.6 is 0 Å². The number of benzene rings is 1. The molecule has 1 heterocycles. The van der Waals surface area contributed by atoms with Gasteiger partial charge >= 0.3 is 6.18 Å². The van der Waals surface area contributed by atoms with Crippen LogP contribution in [-0.4, -0.2) is 36.0 Å². The highest BCUT2D eigenvalue weighted by Crippen LogP contribution is 2.62. The van der Waals surface area contributed by atoms with Gasteiger partial charge in [-0.05, 0) is 74.5 Å². The number of alkyl halides is 3. The number of nitrogens with zero attached hydrogens (tertiary/aromatic N) is 1. The van der Waals surface area contributed by atoms with Gasteiger partial charge in [-0.25, -0.2) is 0 Å². The maximum absolute atomic E-state index is 13.5. The standard InChI is InChI=1S/C21H25F3N2O/c22-21(23,24)18-4-2-1-3-15(18)20(27)26(13-7-8-25-11-13)19-10-17-14(19)6-5-12-9-16(12)17/h1-4,12-14,16-17,19,25H,5-11H2/t12?,13-,14?,16?,17?,19?/m0/s1. The van der Waals surface area contributed by atoms with Crippen molar-refractivity contribution < 1.29 is 18.0 Å². The van der Waals surface area contributed by atoms with Crippen molar-refractivity contribution in [3.05, 3.63) is 35.4 Å². The predicted molar refractivity (Wildman–Crippen MR) is 95.1 cm³/mol. The third-order valence-electron chi connectivity index (χ3n) is 7.44. The summed E-state index contributed by atoms with van der Waals surface area (Å²) in [5.41, 5.74) is -1.01. The molecule has 6 atom stereocenters. The number of carbonyl (C=O) groups excluding carboxylic acids is 1. The minimum absolute atomic E-state index is 0.00154. The molecule has 4 aliphatic rings. The fourth-order valence-electron chi connectivity index (χ4n) is 5.99. The third-order valence-corrected chi connectivity index (χ3v) is 7.44. The van der Waals surface area contributed by atoms with Crippen LogP contribution < -0.4 is 5.32 Å². The maximum Gasteiger partial charge on any atom is 0.417 e. The van der Waals surface area contributed by atoms with Crippen LogP contribution in [0.15, 0.2) is 24.3 Å². The molecule has 5 rings (SSSR count). The maximum atomic E-state index is 13.5. The summed E-state index contributed by atoms with van der Waals surface area (Å²) in [6.45, 7) is 1.50. The first kappa shape index (κ1) is 17.5. The van der Waals surface area contributed by atoms with E-state index in [0.717, 1.165) is 43.7 Å². The van der Waals surface area contributed by atoms with E-state index in [1.54, 1.807) is 0 Å². The smallest absolute Gasteiger partial charge is 0.331 e. The van der Waals surface area contributed by atoms with E-state index in [4.69, 9.17) is 0 Å². The van der Waals surface area contributed by atoms with E-state index in [0.29, 0.717) is 18.4 Å². The first-order chi connectivity index (χ1) is 12.9. The van der Waals surface area contributed by atoms with Gasteiger partial charge in [-0.1, -0.05) is 12.1 Å². The molecule has 0 bridgehead atoms. The SMILES string of the molecule is O=C(c1ccccc1C(F)(F)F)N(C1CC2C3CC3CCC21)[C@H]1CCNC1. The van der Waals surface area contributed by atoms with Crippen LogP contribution in [0.3, 0.4) is 0 Å².